The zero-order valence-corrected chi connectivity index (χ0v) is 7.93. The maximum atomic E-state index is 11.9. The first-order chi connectivity index (χ1) is 5.92. The standard InChI is InChI=1S/C8H15F3N2/c1-3-12(2)7-4-13(5-7)6-8(9,10)11/h7H,3-6H2,1-2H3. The topological polar surface area (TPSA) is 6.48 Å². The zero-order valence-electron chi connectivity index (χ0n) is 7.93. The first kappa shape index (κ1) is 10.8. The van der Waals surface area contributed by atoms with E-state index in [-0.39, 0.29) is 0 Å². The molecule has 2 nitrogen and oxygen atoms in total. The van der Waals surface area contributed by atoms with Crippen LogP contribution < -0.4 is 0 Å². The summed E-state index contributed by atoms with van der Waals surface area (Å²) < 4.78 is 35.6. The Labute approximate surface area is 76.3 Å². The van der Waals surface area contributed by atoms with Gasteiger partial charge in [-0.3, -0.25) is 4.90 Å². The molecule has 1 aliphatic rings. The fraction of sp³-hybridized carbons (Fsp3) is 1.00. The predicted octanol–water partition coefficient (Wildman–Crippen LogP) is 1.18. The summed E-state index contributed by atoms with van der Waals surface area (Å²) in [5.74, 6) is 0. The van der Waals surface area contributed by atoms with Gasteiger partial charge in [0.05, 0.1) is 6.54 Å². The van der Waals surface area contributed by atoms with E-state index in [4.69, 9.17) is 0 Å². The lowest BCUT2D eigenvalue weighted by Gasteiger charge is -2.43. The van der Waals surface area contributed by atoms with E-state index >= 15 is 0 Å². The van der Waals surface area contributed by atoms with Gasteiger partial charge in [-0.25, -0.2) is 0 Å². The average molecular weight is 196 g/mol. The third-order valence-electron chi connectivity index (χ3n) is 2.46. The summed E-state index contributed by atoms with van der Waals surface area (Å²) in [6.45, 7) is 3.23. The second kappa shape index (κ2) is 3.84. The minimum absolute atomic E-state index is 0.312. The largest absolute Gasteiger partial charge is 0.401 e. The van der Waals surface area contributed by atoms with Crippen LogP contribution in [0.1, 0.15) is 6.92 Å². The molecule has 0 aromatic carbocycles. The first-order valence-electron chi connectivity index (χ1n) is 4.41. The van der Waals surface area contributed by atoms with Gasteiger partial charge < -0.3 is 4.90 Å². The fourth-order valence-corrected chi connectivity index (χ4v) is 1.46. The van der Waals surface area contributed by atoms with E-state index < -0.39 is 12.7 Å². The molecule has 78 valence electrons. The first-order valence-corrected chi connectivity index (χ1v) is 4.41. The van der Waals surface area contributed by atoms with Crippen molar-refractivity contribution in [3.05, 3.63) is 0 Å². The van der Waals surface area contributed by atoms with Crippen molar-refractivity contribution in [2.75, 3.05) is 33.2 Å². The number of halogens is 3. The van der Waals surface area contributed by atoms with Crippen molar-refractivity contribution in [2.45, 2.75) is 19.1 Å². The molecule has 0 atom stereocenters. The normalized spacial score (nSPS) is 20.8. The monoisotopic (exact) mass is 196 g/mol. The van der Waals surface area contributed by atoms with Crippen LogP contribution in [0.25, 0.3) is 0 Å². The minimum atomic E-state index is -4.05. The molecule has 1 rings (SSSR count). The van der Waals surface area contributed by atoms with Crippen LogP contribution in [-0.2, 0) is 0 Å². The lowest BCUT2D eigenvalue weighted by atomic mass is 10.1. The number of hydrogen-bond acceptors (Lipinski definition) is 2. The third kappa shape index (κ3) is 3.15. The molecule has 0 bridgehead atoms. The van der Waals surface area contributed by atoms with Crippen LogP contribution in [0, 0.1) is 0 Å². The molecular formula is C8H15F3N2. The molecule has 13 heavy (non-hydrogen) atoms. The minimum Gasteiger partial charge on any atom is -0.301 e. The molecule has 5 heteroatoms. The highest BCUT2D eigenvalue weighted by Crippen LogP contribution is 2.21. The molecule has 0 saturated carbocycles. The molecule has 0 spiro atoms. The van der Waals surface area contributed by atoms with Crippen molar-refractivity contribution in [2.24, 2.45) is 0 Å². The van der Waals surface area contributed by atoms with Crippen LogP contribution in [0.5, 0.6) is 0 Å². The Hall–Kier alpha value is -0.290. The van der Waals surface area contributed by atoms with E-state index in [1.54, 1.807) is 0 Å². The quantitative estimate of drug-likeness (QED) is 0.669. The lowest BCUT2D eigenvalue weighted by Crippen LogP contribution is -2.60. The Balaban J connectivity index is 2.19. The van der Waals surface area contributed by atoms with Crippen molar-refractivity contribution in [3.8, 4) is 0 Å². The van der Waals surface area contributed by atoms with Gasteiger partial charge >= 0.3 is 6.18 Å². The molecule has 0 aromatic heterocycles. The molecule has 0 aliphatic carbocycles. The SMILES string of the molecule is CCN(C)C1CN(CC(F)(F)F)C1. The van der Waals surface area contributed by atoms with Crippen molar-refractivity contribution in [1.82, 2.24) is 9.80 Å². The number of rotatable bonds is 3. The van der Waals surface area contributed by atoms with Crippen molar-refractivity contribution >= 4 is 0 Å². The van der Waals surface area contributed by atoms with Gasteiger partial charge in [0.1, 0.15) is 0 Å². The number of likely N-dealkylation sites (N-methyl/N-ethyl adjacent to an activating group) is 1. The van der Waals surface area contributed by atoms with E-state index in [2.05, 4.69) is 4.90 Å². The van der Waals surface area contributed by atoms with E-state index in [9.17, 15) is 13.2 Å². The van der Waals surface area contributed by atoms with Gasteiger partial charge in [0.15, 0.2) is 0 Å². The second-order valence-corrected chi connectivity index (χ2v) is 3.54. The summed E-state index contributed by atoms with van der Waals surface area (Å²) in [6, 6.07) is 0.312. The van der Waals surface area contributed by atoms with E-state index in [1.807, 2.05) is 14.0 Å². The summed E-state index contributed by atoms with van der Waals surface area (Å²) in [5.41, 5.74) is 0. The van der Waals surface area contributed by atoms with Gasteiger partial charge in [-0.1, -0.05) is 6.92 Å². The number of nitrogens with zero attached hydrogens (tertiary/aromatic N) is 2. The molecule has 0 radical (unpaired) electrons. The Morgan fingerprint density at radius 3 is 2.31 bits per heavy atom. The van der Waals surface area contributed by atoms with E-state index in [1.165, 1.54) is 4.90 Å². The molecule has 1 heterocycles. The Kier molecular flexibility index (Phi) is 3.18. The summed E-state index contributed by atoms with van der Waals surface area (Å²) in [6.07, 6.45) is -4.05. The van der Waals surface area contributed by atoms with E-state index in [0.29, 0.717) is 19.1 Å². The van der Waals surface area contributed by atoms with E-state index in [0.717, 1.165) is 6.54 Å². The van der Waals surface area contributed by atoms with Crippen LogP contribution in [0.3, 0.4) is 0 Å². The predicted molar refractivity (Wildman–Crippen MR) is 44.6 cm³/mol. The highest BCUT2D eigenvalue weighted by molar-refractivity contribution is 4.87. The summed E-state index contributed by atoms with van der Waals surface area (Å²) >= 11 is 0. The second-order valence-electron chi connectivity index (χ2n) is 3.54. The Morgan fingerprint density at radius 1 is 1.38 bits per heavy atom. The van der Waals surface area contributed by atoms with Crippen LogP contribution in [0.15, 0.2) is 0 Å². The molecule has 1 fully saturated rings. The fourth-order valence-electron chi connectivity index (χ4n) is 1.46. The molecule has 0 aromatic rings. The third-order valence-corrected chi connectivity index (χ3v) is 2.46. The van der Waals surface area contributed by atoms with Gasteiger partial charge in [0.25, 0.3) is 0 Å². The van der Waals surface area contributed by atoms with Crippen LogP contribution in [0.2, 0.25) is 0 Å². The Morgan fingerprint density at radius 2 is 1.92 bits per heavy atom. The summed E-state index contributed by atoms with van der Waals surface area (Å²) in [7, 11) is 1.94. The molecule has 1 aliphatic heterocycles. The number of alkyl halides is 3. The summed E-state index contributed by atoms with van der Waals surface area (Å²) in [5, 5.41) is 0. The highest BCUT2D eigenvalue weighted by Gasteiger charge is 2.37. The van der Waals surface area contributed by atoms with Gasteiger partial charge in [-0.2, -0.15) is 13.2 Å². The van der Waals surface area contributed by atoms with Gasteiger partial charge in [0, 0.05) is 19.1 Å². The molecule has 0 unspecified atom stereocenters. The van der Waals surface area contributed by atoms with Crippen LogP contribution in [0.4, 0.5) is 13.2 Å². The number of likely N-dealkylation sites (tertiary alicyclic amines) is 1. The van der Waals surface area contributed by atoms with Gasteiger partial charge in [0.2, 0.25) is 0 Å². The van der Waals surface area contributed by atoms with Crippen molar-refractivity contribution < 1.29 is 13.2 Å². The number of hydrogen-bond donors (Lipinski definition) is 0. The zero-order chi connectivity index (χ0) is 10.1. The molecule has 1 saturated heterocycles. The maximum Gasteiger partial charge on any atom is 0.401 e. The molecular weight excluding hydrogens is 181 g/mol. The molecule has 0 amide bonds. The molecule has 0 N–H and O–H groups in total. The van der Waals surface area contributed by atoms with Gasteiger partial charge in [-0.15, -0.1) is 0 Å². The smallest absolute Gasteiger partial charge is 0.301 e. The average Bonchev–Trinajstić information content (AvgIpc) is 1.92. The Bertz CT molecular complexity index is 163. The maximum absolute atomic E-state index is 11.9. The lowest BCUT2D eigenvalue weighted by molar-refractivity contribution is -0.159. The summed E-state index contributed by atoms with van der Waals surface area (Å²) in [4.78, 5) is 3.50. The highest BCUT2D eigenvalue weighted by atomic mass is 19.4. The van der Waals surface area contributed by atoms with Crippen molar-refractivity contribution in [3.63, 3.8) is 0 Å². The van der Waals surface area contributed by atoms with Gasteiger partial charge in [-0.05, 0) is 13.6 Å². The van der Waals surface area contributed by atoms with Crippen LogP contribution in [-0.4, -0.2) is 55.2 Å². The van der Waals surface area contributed by atoms with Crippen LogP contribution >= 0.6 is 0 Å². The van der Waals surface area contributed by atoms with Crippen molar-refractivity contribution in [1.29, 1.82) is 0 Å².